The topological polar surface area (TPSA) is 69.6 Å². The Hall–Kier alpha value is -3.23. The maximum Gasteiger partial charge on any atom is 0.257 e. The second-order valence-corrected chi connectivity index (χ2v) is 9.29. The summed E-state index contributed by atoms with van der Waals surface area (Å²) in [5, 5.41) is 20.2. The van der Waals surface area contributed by atoms with Crippen LogP contribution in [0.15, 0.2) is 81.7 Å². The molecule has 0 aliphatic carbocycles. The molecule has 0 saturated heterocycles. The molecule has 6 nitrogen and oxygen atoms in total. The number of aromatic nitrogens is 5. The third kappa shape index (κ3) is 4.04. The number of thioether (sulfide) groups is 1. The van der Waals surface area contributed by atoms with Crippen LogP contribution in [0.2, 0.25) is 0 Å². The first kappa shape index (κ1) is 19.7. The molecule has 8 heteroatoms. The molecule has 0 N–H and O–H groups in total. The molecule has 2 aromatic carbocycles. The minimum absolute atomic E-state index is 0.0850. The summed E-state index contributed by atoms with van der Waals surface area (Å²) in [5.41, 5.74) is 3.20. The maximum absolute atomic E-state index is 5.92. The fourth-order valence-corrected chi connectivity index (χ4v) is 4.78. The summed E-state index contributed by atoms with van der Waals surface area (Å²) in [7, 11) is 0. The molecular formula is C23H19N5OS2. The van der Waals surface area contributed by atoms with Gasteiger partial charge < -0.3 is 4.42 Å². The Bertz CT molecular complexity index is 1290. The van der Waals surface area contributed by atoms with Crippen molar-refractivity contribution in [2.24, 2.45) is 0 Å². The van der Waals surface area contributed by atoms with E-state index in [9.17, 15) is 0 Å². The average molecular weight is 446 g/mol. The van der Waals surface area contributed by atoms with Gasteiger partial charge in [0.15, 0.2) is 11.0 Å². The van der Waals surface area contributed by atoms with Gasteiger partial charge in [-0.15, -0.1) is 31.7 Å². The summed E-state index contributed by atoms with van der Waals surface area (Å²) in [6, 6.07) is 22.4. The summed E-state index contributed by atoms with van der Waals surface area (Å²) < 4.78 is 8.00. The Balaban J connectivity index is 1.51. The second-order valence-electron chi connectivity index (χ2n) is 7.03. The van der Waals surface area contributed by atoms with Crippen molar-refractivity contribution in [1.29, 1.82) is 0 Å². The van der Waals surface area contributed by atoms with Crippen LogP contribution in [-0.4, -0.2) is 25.0 Å². The summed E-state index contributed by atoms with van der Waals surface area (Å²) in [6.45, 7) is 4.11. The maximum atomic E-state index is 5.92. The van der Waals surface area contributed by atoms with E-state index in [1.165, 1.54) is 5.56 Å². The van der Waals surface area contributed by atoms with Crippen LogP contribution in [0.1, 0.15) is 23.6 Å². The molecule has 0 bridgehead atoms. The fourth-order valence-electron chi connectivity index (χ4n) is 3.23. The highest BCUT2D eigenvalue weighted by molar-refractivity contribution is 7.99. The minimum atomic E-state index is -0.0850. The van der Waals surface area contributed by atoms with Crippen molar-refractivity contribution in [2.45, 2.75) is 24.3 Å². The predicted octanol–water partition coefficient (Wildman–Crippen LogP) is 6.21. The lowest BCUT2D eigenvalue weighted by Gasteiger charge is -2.12. The molecule has 5 rings (SSSR count). The van der Waals surface area contributed by atoms with Gasteiger partial charge in [0.2, 0.25) is 5.89 Å². The second kappa shape index (κ2) is 8.49. The van der Waals surface area contributed by atoms with Gasteiger partial charge in [-0.2, -0.15) is 0 Å². The standard InChI is InChI=1S/C23H19N5OS2/c1-15-8-6-9-17(14-15)20-24-27-23(28(20)18-10-4-3-5-11-18)31-16(2)21-25-26-22(29-21)19-12-7-13-30-19/h3-14,16H,1-2H3. The van der Waals surface area contributed by atoms with Gasteiger partial charge in [0.25, 0.3) is 5.89 Å². The van der Waals surface area contributed by atoms with E-state index in [4.69, 9.17) is 4.42 Å². The summed E-state index contributed by atoms with van der Waals surface area (Å²) in [6.07, 6.45) is 0. The number of aryl methyl sites for hydroxylation is 1. The van der Waals surface area contributed by atoms with E-state index in [0.717, 1.165) is 27.1 Å². The van der Waals surface area contributed by atoms with Gasteiger partial charge in [0.1, 0.15) is 0 Å². The highest BCUT2D eigenvalue weighted by Crippen LogP contribution is 2.37. The monoisotopic (exact) mass is 445 g/mol. The lowest BCUT2D eigenvalue weighted by atomic mass is 10.1. The fraction of sp³-hybridized carbons (Fsp3) is 0.130. The Labute approximate surface area is 188 Å². The number of hydrogen-bond acceptors (Lipinski definition) is 7. The molecule has 0 fully saturated rings. The van der Waals surface area contributed by atoms with E-state index in [1.54, 1.807) is 23.1 Å². The molecule has 3 aromatic heterocycles. The molecule has 3 heterocycles. The van der Waals surface area contributed by atoms with Crippen LogP contribution < -0.4 is 0 Å². The van der Waals surface area contributed by atoms with Gasteiger partial charge in [-0.3, -0.25) is 4.57 Å². The molecule has 1 atom stereocenters. The molecule has 154 valence electrons. The van der Waals surface area contributed by atoms with Crippen LogP contribution in [0.3, 0.4) is 0 Å². The quantitative estimate of drug-likeness (QED) is 0.290. The molecule has 0 amide bonds. The van der Waals surface area contributed by atoms with Crippen LogP contribution in [0.25, 0.3) is 27.8 Å². The summed E-state index contributed by atoms with van der Waals surface area (Å²) >= 11 is 3.12. The van der Waals surface area contributed by atoms with Crippen molar-refractivity contribution < 1.29 is 4.42 Å². The molecule has 0 saturated carbocycles. The molecular weight excluding hydrogens is 426 g/mol. The van der Waals surface area contributed by atoms with Crippen LogP contribution in [0.5, 0.6) is 0 Å². The van der Waals surface area contributed by atoms with Gasteiger partial charge in [0.05, 0.1) is 10.1 Å². The number of rotatable bonds is 6. The summed E-state index contributed by atoms with van der Waals surface area (Å²) in [5.74, 6) is 1.91. The van der Waals surface area contributed by atoms with Crippen molar-refractivity contribution in [3.05, 3.63) is 83.6 Å². The third-order valence-electron chi connectivity index (χ3n) is 4.73. The third-order valence-corrected chi connectivity index (χ3v) is 6.61. The van der Waals surface area contributed by atoms with Crippen LogP contribution in [-0.2, 0) is 0 Å². The van der Waals surface area contributed by atoms with Gasteiger partial charge in [-0.1, -0.05) is 59.8 Å². The molecule has 31 heavy (non-hydrogen) atoms. The van der Waals surface area contributed by atoms with Gasteiger partial charge in [-0.05, 0) is 43.5 Å². The van der Waals surface area contributed by atoms with Crippen molar-refractivity contribution >= 4 is 23.1 Å². The summed E-state index contributed by atoms with van der Waals surface area (Å²) in [4.78, 5) is 0.963. The number of hydrogen-bond donors (Lipinski definition) is 0. The molecule has 0 aliphatic heterocycles. The van der Waals surface area contributed by atoms with Crippen LogP contribution in [0, 0.1) is 6.92 Å². The van der Waals surface area contributed by atoms with Crippen LogP contribution in [0.4, 0.5) is 0 Å². The van der Waals surface area contributed by atoms with E-state index < -0.39 is 0 Å². The SMILES string of the molecule is Cc1cccc(-c2nnc(SC(C)c3nnc(-c4cccs4)o3)n2-c2ccccc2)c1. The van der Waals surface area contributed by atoms with Crippen LogP contribution >= 0.6 is 23.1 Å². The predicted molar refractivity (Wildman–Crippen MR) is 123 cm³/mol. The zero-order chi connectivity index (χ0) is 21.2. The Kier molecular flexibility index (Phi) is 5.40. The van der Waals surface area contributed by atoms with E-state index in [-0.39, 0.29) is 5.25 Å². The van der Waals surface area contributed by atoms with Crippen molar-refractivity contribution in [2.75, 3.05) is 0 Å². The van der Waals surface area contributed by atoms with E-state index in [2.05, 4.69) is 62.2 Å². The zero-order valence-corrected chi connectivity index (χ0v) is 18.6. The zero-order valence-electron chi connectivity index (χ0n) is 17.0. The van der Waals surface area contributed by atoms with Gasteiger partial charge >= 0.3 is 0 Å². The Morgan fingerprint density at radius 2 is 1.81 bits per heavy atom. The van der Waals surface area contributed by atoms with E-state index in [1.807, 2.05) is 48.7 Å². The number of thiophene rings is 1. The molecule has 1 unspecified atom stereocenters. The van der Waals surface area contributed by atoms with E-state index >= 15 is 0 Å². The smallest absolute Gasteiger partial charge is 0.257 e. The molecule has 0 spiro atoms. The Morgan fingerprint density at radius 1 is 0.935 bits per heavy atom. The van der Waals surface area contributed by atoms with Crippen molar-refractivity contribution in [1.82, 2.24) is 25.0 Å². The normalized spacial score (nSPS) is 12.2. The average Bonchev–Trinajstić information content (AvgIpc) is 3.54. The largest absolute Gasteiger partial charge is 0.419 e. The molecule has 0 radical (unpaired) electrons. The number of para-hydroxylation sites is 1. The lowest BCUT2D eigenvalue weighted by molar-refractivity contribution is 0.510. The van der Waals surface area contributed by atoms with Crippen molar-refractivity contribution in [3.63, 3.8) is 0 Å². The van der Waals surface area contributed by atoms with E-state index in [0.29, 0.717) is 11.8 Å². The number of nitrogens with zero attached hydrogens (tertiary/aromatic N) is 5. The van der Waals surface area contributed by atoms with Gasteiger partial charge in [0, 0.05) is 11.3 Å². The highest BCUT2D eigenvalue weighted by Gasteiger charge is 2.22. The molecule has 5 aromatic rings. The first-order valence-corrected chi connectivity index (χ1v) is 11.6. The highest BCUT2D eigenvalue weighted by atomic mass is 32.2. The lowest BCUT2D eigenvalue weighted by Crippen LogP contribution is -2.01. The Morgan fingerprint density at radius 3 is 2.58 bits per heavy atom. The molecule has 0 aliphatic rings. The van der Waals surface area contributed by atoms with Gasteiger partial charge in [-0.25, -0.2) is 0 Å². The first-order valence-electron chi connectivity index (χ1n) is 9.81. The first-order chi connectivity index (χ1) is 15.2. The minimum Gasteiger partial charge on any atom is -0.419 e. The number of benzene rings is 2. The van der Waals surface area contributed by atoms with Crippen molar-refractivity contribution in [3.8, 4) is 27.8 Å².